The van der Waals surface area contributed by atoms with Crippen molar-refractivity contribution in [2.75, 3.05) is 43.5 Å². The van der Waals surface area contributed by atoms with Crippen molar-refractivity contribution in [2.24, 2.45) is 0 Å². The van der Waals surface area contributed by atoms with Gasteiger partial charge in [-0.15, -0.1) is 0 Å². The van der Waals surface area contributed by atoms with Gasteiger partial charge in [0.2, 0.25) is 0 Å². The number of hydrogen-bond donors (Lipinski definition) is 1. The first-order chi connectivity index (χ1) is 14.1. The van der Waals surface area contributed by atoms with Gasteiger partial charge in [0.05, 0.1) is 12.7 Å². The largest absolute Gasteiger partial charge is 0.465 e. The number of amides is 2. The summed E-state index contributed by atoms with van der Waals surface area (Å²) in [5.41, 5.74) is 4.79. The quantitative estimate of drug-likeness (QED) is 0.779. The minimum absolute atomic E-state index is 0.0523. The SMILES string of the molecule is CCc1cccc(CC)c1NC(=O)N1CCN(c2cccc(C(=O)OC)c2)CC1. The van der Waals surface area contributed by atoms with Gasteiger partial charge in [0.15, 0.2) is 0 Å². The van der Waals surface area contributed by atoms with Crippen molar-refractivity contribution in [3.8, 4) is 0 Å². The van der Waals surface area contributed by atoms with Crippen molar-refractivity contribution in [1.29, 1.82) is 0 Å². The molecule has 0 saturated carbocycles. The zero-order valence-corrected chi connectivity index (χ0v) is 17.4. The summed E-state index contributed by atoms with van der Waals surface area (Å²) in [6.07, 6.45) is 1.77. The summed E-state index contributed by atoms with van der Waals surface area (Å²) < 4.78 is 4.80. The highest BCUT2D eigenvalue weighted by molar-refractivity contribution is 5.92. The third kappa shape index (κ3) is 4.70. The molecule has 29 heavy (non-hydrogen) atoms. The van der Waals surface area contributed by atoms with Crippen molar-refractivity contribution in [3.05, 3.63) is 59.2 Å². The van der Waals surface area contributed by atoms with Gasteiger partial charge in [0, 0.05) is 37.6 Å². The number of nitrogens with zero attached hydrogens (tertiary/aromatic N) is 2. The van der Waals surface area contributed by atoms with E-state index in [1.807, 2.05) is 23.1 Å². The van der Waals surface area contributed by atoms with Gasteiger partial charge >= 0.3 is 12.0 Å². The van der Waals surface area contributed by atoms with Gasteiger partial charge in [-0.3, -0.25) is 0 Å². The Labute approximate surface area is 172 Å². The van der Waals surface area contributed by atoms with E-state index in [0.717, 1.165) is 35.3 Å². The monoisotopic (exact) mass is 395 g/mol. The molecule has 0 radical (unpaired) electrons. The molecule has 1 aliphatic rings. The van der Waals surface area contributed by atoms with Crippen molar-refractivity contribution in [1.82, 2.24) is 4.90 Å². The van der Waals surface area contributed by atoms with Crippen LogP contribution < -0.4 is 10.2 Å². The van der Waals surface area contributed by atoms with Crippen LogP contribution in [0.2, 0.25) is 0 Å². The number of piperazine rings is 1. The number of carbonyl (C=O) groups excluding carboxylic acids is 2. The lowest BCUT2D eigenvalue weighted by molar-refractivity contribution is 0.0600. The van der Waals surface area contributed by atoms with Crippen LogP contribution in [0.4, 0.5) is 16.2 Å². The number of ether oxygens (including phenoxy) is 1. The molecule has 6 nitrogen and oxygen atoms in total. The first kappa shape index (κ1) is 20.7. The fourth-order valence-corrected chi connectivity index (χ4v) is 3.70. The van der Waals surface area contributed by atoms with Crippen molar-refractivity contribution >= 4 is 23.4 Å². The topological polar surface area (TPSA) is 61.9 Å². The van der Waals surface area contributed by atoms with Gasteiger partial charge in [0.1, 0.15) is 0 Å². The van der Waals surface area contributed by atoms with E-state index in [1.54, 1.807) is 6.07 Å². The fraction of sp³-hybridized carbons (Fsp3) is 0.391. The predicted molar refractivity (Wildman–Crippen MR) is 116 cm³/mol. The predicted octanol–water partition coefficient (Wildman–Crippen LogP) is 3.95. The first-order valence-corrected chi connectivity index (χ1v) is 10.2. The van der Waals surface area contributed by atoms with Crippen molar-refractivity contribution in [2.45, 2.75) is 26.7 Å². The molecule has 3 rings (SSSR count). The lowest BCUT2D eigenvalue weighted by Gasteiger charge is -2.36. The highest BCUT2D eigenvalue weighted by Crippen LogP contribution is 2.24. The molecule has 1 N–H and O–H groups in total. The third-order valence-corrected chi connectivity index (χ3v) is 5.43. The van der Waals surface area contributed by atoms with Gasteiger partial charge in [-0.2, -0.15) is 0 Å². The number of urea groups is 1. The van der Waals surface area contributed by atoms with E-state index in [9.17, 15) is 9.59 Å². The third-order valence-electron chi connectivity index (χ3n) is 5.43. The van der Waals surface area contributed by atoms with E-state index in [4.69, 9.17) is 4.74 Å². The summed E-state index contributed by atoms with van der Waals surface area (Å²) in [6, 6.07) is 13.6. The maximum absolute atomic E-state index is 12.9. The van der Waals surface area contributed by atoms with Crippen LogP contribution in [0.3, 0.4) is 0 Å². The number of hydrogen-bond acceptors (Lipinski definition) is 4. The van der Waals surface area contributed by atoms with E-state index < -0.39 is 0 Å². The van der Waals surface area contributed by atoms with Crippen LogP contribution in [-0.4, -0.2) is 50.2 Å². The molecule has 2 aromatic rings. The summed E-state index contributed by atoms with van der Waals surface area (Å²) in [6.45, 7) is 6.90. The molecule has 1 heterocycles. The molecule has 1 aliphatic heterocycles. The zero-order chi connectivity index (χ0) is 20.8. The molecule has 2 aromatic carbocycles. The minimum atomic E-state index is -0.341. The molecule has 6 heteroatoms. The van der Waals surface area contributed by atoms with Crippen LogP contribution in [0.1, 0.15) is 35.3 Å². The van der Waals surface area contributed by atoms with E-state index >= 15 is 0 Å². The Kier molecular flexibility index (Phi) is 6.75. The Bertz CT molecular complexity index is 851. The van der Waals surface area contributed by atoms with Crippen molar-refractivity contribution < 1.29 is 14.3 Å². The van der Waals surface area contributed by atoms with E-state index in [0.29, 0.717) is 31.7 Å². The van der Waals surface area contributed by atoms with E-state index in [1.165, 1.54) is 7.11 Å². The molecule has 0 spiro atoms. The van der Waals surface area contributed by atoms with Gasteiger partial charge in [-0.05, 0) is 42.2 Å². The Morgan fingerprint density at radius 3 is 2.17 bits per heavy atom. The Balaban J connectivity index is 1.64. The lowest BCUT2D eigenvalue weighted by Crippen LogP contribution is -2.50. The summed E-state index contributed by atoms with van der Waals surface area (Å²) in [4.78, 5) is 28.7. The van der Waals surface area contributed by atoms with Crippen LogP contribution in [-0.2, 0) is 17.6 Å². The zero-order valence-electron chi connectivity index (χ0n) is 17.4. The second kappa shape index (κ2) is 9.45. The van der Waals surface area contributed by atoms with E-state index in [2.05, 4.69) is 42.3 Å². The summed E-state index contributed by atoms with van der Waals surface area (Å²) in [5, 5.41) is 3.14. The van der Waals surface area contributed by atoms with Gasteiger partial charge in [0.25, 0.3) is 0 Å². The number of esters is 1. The highest BCUT2D eigenvalue weighted by atomic mass is 16.5. The minimum Gasteiger partial charge on any atom is -0.465 e. The van der Waals surface area contributed by atoms with Crippen LogP contribution in [0.15, 0.2) is 42.5 Å². The molecule has 1 saturated heterocycles. The highest BCUT2D eigenvalue weighted by Gasteiger charge is 2.23. The average molecular weight is 396 g/mol. The number of rotatable bonds is 5. The summed E-state index contributed by atoms with van der Waals surface area (Å²) in [5.74, 6) is -0.341. The summed E-state index contributed by atoms with van der Waals surface area (Å²) in [7, 11) is 1.38. The Morgan fingerprint density at radius 1 is 0.966 bits per heavy atom. The molecule has 0 aliphatic carbocycles. The number of benzene rings is 2. The second-order valence-corrected chi connectivity index (χ2v) is 7.10. The fourth-order valence-electron chi connectivity index (χ4n) is 3.70. The molecule has 0 bridgehead atoms. The average Bonchev–Trinajstić information content (AvgIpc) is 2.78. The molecular weight excluding hydrogens is 366 g/mol. The number of methoxy groups -OCH3 is 1. The number of para-hydroxylation sites is 1. The summed E-state index contributed by atoms with van der Waals surface area (Å²) >= 11 is 0. The van der Waals surface area contributed by atoms with E-state index in [-0.39, 0.29) is 12.0 Å². The van der Waals surface area contributed by atoms with Crippen molar-refractivity contribution in [3.63, 3.8) is 0 Å². The second-order valence-electron chi connectivity index (χ2n) is 7.10. The van der Waals surface area contributed by atoms with Gasteiger partial charge in [-0.1, -0.05) is 38.1 Å². The smallest absolute Gasteiger partial charge is 0.337 e. The first-order valence-electron chi connectivity index (χ1n) is 10.2. The number of nitrogens with one attached hydrogen (secondary N) is 1. The van der Waals surface area contributed by atoms with Gasteiger partial charge in [-0.25, -0.2) is 9.59 Å². The molecular formula is C23H29N3O3. The normalized spacial score (nSPS) is 13.9. The molecule has 0 atom stereocenters. The maximum Gasteiger partial charge on any atom is 0.337 e. The Morgan fingerprint density at radius 2 is 1.59 bits per heavy atom. The van der Waals surface area contributed by atoms with Crippen LogP contribution >= 0.6 is 0 Å². The van der Waals surface area contributed by atoms with Crippen LogP contribution in [0.25, 0.3) is 0 Å². The molecule has 2 amide bonds. The molecule has 0 aromatic heterocycles. The lowest BCUT2D eigenvalue weighted by atomic mass is 10.0. The molecule has 154 valence electrons. The number of aryl methyl sites for hydroxylation is 2. The number of anilines is 2. The molecule has 0 unspecified atom stereocenters. The maximum atomic E-state index is 12.9. The van der Waals surface area contributed by atoms with Crippen LogP contribution in [0.5, 0.6) is 0 Å². The van der Waals surface area contributed by atoms with Gasteiger partial charge < -0.3 is 19.9 Å². The van der Waals surface area contributed by atoms with Crippen LogP contribution in [0, 0.1) is 0 Å². The molecule has 1 fully saturated rings. The number of carbonyl (C=O) groups is 2. The standard InChI is InChI=1S/C23H29N3O3/c1-4-17-8-6-9-18(5-2)21(17)24-23(28)26-14-12-25(13-15-26)20-11-7-10-19(16-20)22(27)29-3/h6-11,16H,4-5,12-15H2,1-3H3,(H,24,28). The Hall–Kier alpha value is -3.02.